The number of benzene rings is 3. The van der Waals surface area contributed by atoms with Crippen LogP contribution in [-0.2, 0) is 0 Å². The van der Waals surface area contributed by atoms with Crippen molar-refractivity contribution in [1.82, 2.24) is 9.97 Å². The lowest BCUT2D eigenvalue weighted by Gasteiger charge is -2.06. The molecule has 0 bridgehead atoms. The normalized spacial score (nSPS) is 11.1. The molecule has 2 aromatic heterocycles. The van der Waals surface area contributed by atoms with E-state index in [0.717, 1.165) is 37.8 Å². The molecular weight excluding hydrogens is 383 g/mol. The van der Waals surface area contributed by atoms with Crippen molar-refractivity contribution in [1.29, 1.82) is 0 Å². The summed E-state index contributed by atoms with van der Waals surface area (Å²) in [7, 11) is 0. The first-order valence-corrected chi connectivity index (χ1v) is 9.93. The van der Waals surface area contributed by atoms with Crippen LogP contribution in [-0.4, -0.2) is 9.97 Å². The summed E-state index contributed by atoms with van der Waals surface area (Å²) in [6.07, 6.45) is 1.48. The molecule has 0 spiro atoms. The number of fused-ring (bicyclic) bond motifs is 1. The fourth-order valence-electron chi connectivity index (χ4n) is 3.30. The molecule has 0 unspecified atom stereocenters. The lowest BCUT2D eigenvalue weighted by molar-refractivity contribution is 0.617. The van der Waals surface area contributed by atoms with E-state index in [1.807, 2.05) is 66.7 Å². The highest BCUT2D eigenvalue weighted by Crippen LogP contribution is 2.44. The molecule has 0 radical (unpaired) electrons. The Balaban J connectivity index is 1.77. The van der Waals surface area contributed by atoms with Crippen molar-refractivity contribution in [2.24, 2.45) is 0 Å². The zero-order chi connectivity index (χ0) is 19.6. The van der Waals surface area contributed by atoms with Gasteiger partial charge in [-0.05, 0) is 23.8 Å². The Labute approximate surface area is 171 Å². The van der Waals surface area contributed by atoms with Crippen LogP contribution in [0.4, 0.5) is 4.39 Å². The summed E-state index contributed by atoms with van der Waals surface area (Å²) in [4.78, 5) is 9.63. The molecule has 0 aliphatic carbocycles. The molecule has 0 saturated heterocycles. The van der Waals surface area contributed by atoms with E-state index in [0.29, 0.717) is 5.71 Å². The third kappa shape index (κ3) is 3.41. The van der Waals surface area contributed by atoms with Crippen LogP contribution in [0, 0.1) is 5.82 Å². The Kier molecular flexibility index (Phi) is 4.58. The van der Waals surface area contributed by atoms with E-state index in [-0.39, 0.29) is 5.82 Å². The highest BCUT2D eigenvalue weighted by Gasteiger charge is 2.22. The number of rotatable bonds is 4. The van der Waals surface area contributed by atoms with E-state index in [2.05, 4.69) is 9.97 Å². The molecule has 5 heteroatoms. The lowest BCUT2D eigenvalue weighted by Crippen LogP contribution is -1.87. The van der Waals surface area contributed by atoms with Crippen molar-refractivity contribution < 1.29 is 8.81 Å². The predicted octanol–water partition coefficient (Wildman–Crippen LogP) is 6.85. The number of hydrogen-bond acceptors (Lipinski definition) is 4. The van der Waals surface area contributed by atoms with Crippen molar-refractivity contribution in [2.45, 2.75) is 9.92 Å². The highest BCUT2D eigenvalue weighted by molar-refractivity contribution is 7.99. The molecule has 0 aliphatic rings. The van der Waals surface area contributed by atoms with Crippen LogP contribution < -0.4 is 0 Å². The van der Waals surface area contributed by atoms with Gasteiger partial charge >= 0.3 is 0 Å². The van der Waals surface area contributed by atoms with Gasteiger partial charge in [0.25, 0.3) is 0 Å². The molecule has 5 aromatic rings. The van der Waals surface area contributed by atoms with Gasteiger partial charge in [0.15, 0.2) is 0 Å². The zero-order valence-electron chi connectivity index (χ0n) is 15.2. The van der Waals surface area contributed by atoms with Crippen molar-refractivity contribution >= 4 is 22.9 Å². The highest BCUT2D eigenvalue weighted by atomic mass is 32.2. The van der Waals surface area contributed by atoms with E-state index >= 15 is 0 Å². The molecule has 0 saturated carbocycles. The van der Waals surface area contributed by atoms with Crippen molar-refractivity contribution in [3.05, 3.63) is 97.1 Å². The van der Waals surface area contributed by atoms with Crippen LogP contribution in [0.15, 0.2) is 106 Å². The third-order valence-corrected chi connectivity index (χ3v) is 5.56. The number of furan rings is 1. The first-order valence-electron chi connectivity index (χ1n) is 9.11. The summed E-state index contributed by atoms with van der Waals surface area (Å²) < 4.78 is 19.9. The van der Waals surface area contributed by atoms with Gasteiger partial charge < -0.3 is 4.42 Å². The standard InChI is InChI=1S/C24H15FN2OS/c25-18-12-7-13-19(14-18)29-24-21-20(16-8-3-1-4-9-16)22(17-10-5-2-6-11-17)28-23(21)26-15-27-24/h1-15H. The predicted molar refractivity (Wildman–Crippen MR) is 113 cm³/mol. The van der Waals surface area contributed by atoms with E-state index < -0.39 is 0 Å². The van der Waals surface area contributed by atoms with Gasteiger partial charge in [-0.25, -0.2) is 14.4 Å². The van der Waals surface area contributed by atoms with Gasteiger partial charge in [0, 0.05) is 16.0 Å². The molecule has 0 N–H and O–H groups in total. The summed E-state index contributed by atoms with van der Waals surface area (Å²) >= 11 is 1.40. The van der Waals surface area contributed by atoms with Gasteiger partial charge in [-0.2, -0.15) is 0 Å². The van der Waals surface area contributed by atoms with Crippen LogP contribution in [0.5, 0.6) is 0 Å². The van der Waals surface area contributed by atoms with Crippen LogP contribution in [0.2, 0.25) is 0 Å². The minimum absolute atomic E-state index is 0.277. The van der Waals surface area contributed by atoms with Crippen molar-refractivity contribution in [3.8, 4) is 22.5 Å². The molecule has 2 heterocycles. The molecule has 140 valence electrons. The first-order chi connectivity index (χ1) is 14.3. The quantitative estimate of drug-likeness (QED) is 0.310. The number of halogens is 1. The maximum absolute atomic E-state index is 13.7. The van der Waals surface area contributed by atoms with Crippen molar-refractivity contribution in [3.63, 3.8) is 0 Å². The summed E-state index contributed by atoms with van der Waals surface area (Å²) in [5, 5.41) is 1.55. The molecule has 0 fully saturated rings. The second-order valence-corrected chi connectivity index (χ2v) is 7.52. The van der Waals surface area contributed by atoms with E-state index in [9.17, 15) is 4.39 Å². The molecule has 5 rings (SSSR count). The van der Waals surface area contributed by atoms with Gasteiger partial charge in [0.2, 0.25) is 5.71 Å². The fraction of sp³-hybridized carbons (Fsp3) is 0. The van der Waals surface area contributed by atoms with Gasteiger partial charge in [-0.15, -0.1) is 0 Å². The van der Waals surface area contributed by atoms with Crippen LogP contribution in [0.3, 0.4) is 0 Å². The minimum atomic E-state index is -0.277. The Morgan fingerprint density at radius 3 is 2.21 bits per heavy atom. The third-order valence-electron chi connectivity index (χ3n) is 4.56. The topological polar surface area (TPSA) is 38.9 Å². The average molecular weight is 398 g/mol. The van der Waals surface area contributed by atoms with Crippen LogP contribution in [0.1, 0.15) is 0 Å². The maximum Gasteiger partial charge on any atom is 0.231 e. The maximum atomic E-state index is 13.7. The largest absolute Gasteiger partial charge is 0.437 e. The SMILES string of the molecule is Fc1cccc(Sc2ncnc3oc(-c4ccccc4)c(-c4ccccc4)c23)c1. The molecule has 0 aliphatic heterocycles. The number of hydrogen-bond donors (Lipinski definition) is 0. The summed E-state index contributed by atoms with van der Waals surface area (Å²) in [6.45, 7) is 0. The van der Waals surface area contributed by atoms with Gasteiger partial charge in [0.05, 0.1) is 5.39 Å². The Bertz CT molecular complexity index is 1290. The van der Waals surface area contributed by atoms with E-state index in [4.69, 9.17) is 4.42 Å². The first kappa shape index (κ1) is 17.6. The molecule has 0 amide bonds. The average Bonchev–Trinajstić information content (AvgIpc) is 3.16. The molecule has 29 heavy (non-hydrogen) atoms. The summed E-state index contributed by atoms with van der Waals surface area (Å²) in [5.74, 6) is 0.467. The summed E-state index contributed by atoms with van der Waals surface area (Å²) in [5.41, 5.74) is 3.43. The Morgan fingerprint density at radius 1 is 0.759 bits per heavy atom. The Hall–Kier alpha value is -3.44. The zero-order valence-corrected chi connectivity index (χ0v) is 16.1. The number of nitrogens with zero attached hydrogens (tertiary/aromatic N) is 2. The lowest BCUT2D eigenvalue weighted by atomic mass is 10.00. The molecule has 0 atom stereocenters. The van der Waals surface area contributed by atoms with Crippen molar-refractivity contribution in [2.75, 3.05) is 0 Å². The number of aromatic nitrogens is 2. The Morgan fingerprint density at radius 2 is 1.48 bits per heavy atom. The van der Waals surface area contributed by atoms with Gasteiger partial charge in [-0.1, -0.05) is 78.5 Å². The monoisotopic (exact) mass is 398 g/mol. The summed E-state index contributed by atoms with van der Waals surface area (Å²) in [6, 6.07) is 26.5. The van der Waals surface area contributed by atoms with Gasteiger partial charge in [-0.3, -0.25) is 0 Å². The van der Waals surface area contributed by atoms with Crippen LogP contribution in [0.25, 0.3) is 33.6 Å². The van der Waals surface area contributed by atoms with Crippen LogP contribution >= 0.6 is 11.8 Å². The molecular formula is C24H15FN2OS. The molecule has 3 nitrogen and oxygen atoms in total. The van der Waals surface area contributed by atoms with E-state index in [1.54, 1.807) is 6.07 Å². The minimum Gasteiger partial charge on any atom is -0.437 e. The van der Waals surface area contributed by atoms with Gasteiger partial charge in [0.1, 0.15) is 22.9 Å². The molecule has 3 aromatic carbocycles. The second-order valence-electron chi connectivity index (χ2n) is 6.46. The smallest absolute Gasteiger partial charge is 0.231 e. The fourth-order valence-corrected chi connectivity index (χ4v) is 4.23. The van der Waals surface area contributed by atoms with E-state index in [1.165, 1.54) is 30.2 Å². The second kappa shape index (κ2) is 7.53.